The number of ether oxygens (including phenoxy) is 2. The highest BCUT2D eigenvalue weighted by atomic mass is 16.5. The summed E-state index contributed by atoms with van der Waals surface area (Å²) < 4.78 is 11.6. The summed E-state index contributed by atoms with van der Waals surface area (Å²) in [5.74, 6) is 0.543. The van der Waals surface area contributed by atoms with Crippen molar-refractivity contribution in [1.29, 1.82) is 5.26 Å². The van der Waals surface area contributed by atoms with Crippen molar-refractivity contribution in [2.45, 2.75) is 57.2 Å². The van der Waals surface area contributed by atoms with Crippen LogP contribution in [0, 0.1) is 17.2 Å². The number of morpholine rings is 1. The predicted octanol–water partition coefficient (Wildman–Crippen LogP) is 3.50. The quantitative estimate of drug-likeness (QED) is 0.821. The van der Waals surface area contributed by atoms with E-state index in [2.05, 4.69) is 29.2 Å². The van der Waals surface area contributed by atoms with Crippen LogP contribution in [-0.2, 0) is 21.4 Å². The average molecular weight is 342 g/mol. The number of benzene rings is 1. The monoisotopic (exact) mass is 342 g/mol. The predicted molar refractivity (Wildman–Crippen MR) is 98.2 cm³/mol. The molecular formula is C21H30N2O2. The highest BCUT2D eigenvalue weighted by Crippen LogP contribution is 2.35. The maximum atomic E-state index is 9.57. The van der Waals surface area contributed by atoms with E-state index in [4.69, 9.17) is 9.47 Å². The molecule has 0 amide bonds. The third-order valence-electron chi connectivity index (χ3n) is 5.92. The van der Waals surface area contributed by atoms with Gasteiger partial charge in [0, 0.05) is 32.2 Å². The Morgan fingerprint density at radius 3 is 2.88 bits per heavy atom. The maximum Gasteiger partial charge on any atom is 0.0769 e. The molecule has 2 fully saturated rings. The van der Waals surface area contributed by atoms with E-state index < -0.39 is 5.41 Å². The number of hydrogen-bond donors (Lipinski definition) is 0. The molecule has 1 saturated carbocycles. The molecule has 3 rings (SSSR count). The molecule has 1 aromatic rings. The number of nitriles is 1. The summed E-state index contributed by atoms with van der Waals surface area (Å²) in [5.41, 5.74) is 1.92. The molecule has 0 N–H and O–H groups in total. The van der Waals surface area contributed by atoms with Gasteiger partial charge in [-0.1, -0.05) is 30.7 Å². The van der Waals surface area contributed by atoms with Crippen molar-refractivity contribution in [3.8, 4) is 6.07 Å². The lowest BCUT2D eigenvalue weighted by atomic mass is 9.82. The van der Waals surface area contributed by atoms with Crippen molar-refractivity contribution in [3.63, 3.8) is 0 Å². The molecule has 4 nitrogen and oxygen atoms in total. The molecule has 0 radical (unpaired) electrons. The van der Waals surface area contributed by atoms with Gasteiger partial charge in [0.15, 0.2) is 0 Å². The Kier molecular flexibility index (Phi) is 5.78. The minimum atomic E-state index is -0.471. The summed E-state index contributed by atoms with van der Waals surface area (Å²) in [6.45, 7) is 7.39. The zero-order valence-corrected chi connectivity index (χ0v) is 15.7. The normalized spacial score (nSPS) is 28.0. The first-order chi connectivity index (χ1) is 12.1. The number of rotatable bonds is 5. The van der Waals surface area contributed by atoms with Crippen LogP contribution in [0.4, 0.5) is 0 Å². The second-order valence-electron chi connectivity index (χ2n) is 7.88. The van der Waals surface area contributed by atoms with Gasteiger partial charge in [-0.25, -0.2) is 0 Å². The summed E-state index contributed by atoms with van der Waals surface area (Å²) in [6.07, 6.45) is 3.96. The molecule has 0 aromatic heterocycles. The fraction of sp³-hybridized carbons (Fsp3) is 0.667. The molecule has 1 saturated heterocycles. The van der Waals surface area contributed by atoms with Gasteiger partial charge in [-0.15, -0.1) is 0 Å². The van der Waals surface area contributed by atoms with Crippen LogP contribution in [0.25, 0.3) is 0 Å². The van der Waals surface area contributed by atoms with E-state index in [9.17, 15) is 5.26 Å². The summed E-state index contributed by atoms with van der Waals surface area (Å²) in [6, 6.07) is 11.2. The van der Waals surface area contributed by atoms with Gasteiger partial charge in [-0.3, -0.25) is 4.90 Å². The molecule has 4 heteroatoms. The molecule has 136 valence electrons. The van der Waals surface area contributed by atoms with E-state index in [1.807, 2.05) is 27.0 Å². The first-order valence-corrected chi connectivity index (χ1v) is 9.41. The van der Waals surface area contributed by atoms with Gasteiger partial charge in [0.25, 0.3) is 0 Å². The van der Waals surface area contributed by atoms with E-state index >= 15 is 0 Å². The van der Waals surface area contributed by atoms with E-state index in [-0.39, 0.29) is 0 Å². The van der Waals surface area contributed by atoms with Gasteiger partial charge in [-0.2, -0.15) is 5.26 Å². The summed E-state index contributed by atoms with van der Waals surface area (Å²) in [4.78, 5) is 2.55. The van der Waals surface area contributed by atoms with E-state index in [0.29, 0.717) is 18.1 Å². The fourth-order valence-electron chi connectivity index (χ4n) is 4.48. The number of hydrogen-bond acceptors (Lipinski definition) is 4. The van der Waals surface area contributed by atoms with Crippen LogP contribution >= 0.6 is 0 Å². The zero-order chi connectivity index (χ0) is 17.9. The standard InChI is InChI=1S/C21H30N2O2/c1-21(2,15-22)18-9-5-4-7-16(18)13-23-11-12-25-14-19(23)17-8-6-10-20(17)24-3/h4-5,7,9,17,19-20H,6,8,10-14H2,1-3H3/t17-,19+,20-/m1/s1. The van der Waals surface area contributed by atoms with E-state index in [1.54, 1.807) is 0 Å². The van der Waals surface area contributed by atoms with Crippen LogP contribution < -0.4 is 0 Å². The van der Waals surface area contributed by atoms with Crippen LogP contribution in [0.3, 0.4) is 0 Å². The maximum absolute atomic E-state index is 9.57. The van der Waals surface area contributed by atoms with E-state index in [0.717, 1.165) is 38.3 Å². The summed E-state index contributed by atoms with van der Waals surface area (Å²) in [5, 5.41) is 9.57. The third kappa shape index (κ3) is 3.89. The SMILES string of the molecule is CO[C@@H]1CCC[C@@H]1[C@@H]1COCCN1Cc1ccccc1C(C)(C)C#N. The van der Waals surface area contributed by atoms with Crippen molar-refractivity contribution in [2.24, 2.45) is 5.92 Å². The van der Waals surface area contributed by atoms with Crippen LogP contribution in [0.15, 0.2) is 24.3 Å². The number of nitrogens with zero attached hydrogens (tertiary/aromatic N) is 2. The first-order valence-electron chi connectivity index (χ1n) is 9.41. The molecule has 0 spiro atoms. The van der Waals surface area contributed by atoms with Gasteiger partial charge in [0.05, 0.1) is 30.8 Å². The Labute approximate surface area is 151 Å². The highest BCUT2D eigenvalue weighted by Gasteiger charge is 2.39. The molecule has 1 heterocycles. The lowest BCUT2D eigenvalue weighted by Gasteiger charge is -2.41. The number of methoxy groups -OCH3 is 1. The molecule has 1 aliphatic carbocycles. The van der Waals surface area contributed by atoms with Crippen molar-refractivity contribution in [1.82, 2.24) is 4.90 Å². The van der Waals surface area contributed by atoms with Crippen LogP contribution in [0.1, 0.15) is 44.2 Å². The first kappa shape index (κ1) is 18.4. The molecular weight excluding hydrogens is 312 g/mol. The Hall–Kier alpha value is -1.41. The van der Waals surface area contributed by atoms with Gasteiger partial charge < -0.3 is 9.47 Å². The molecule has 0 unspecified atom stereocenters. The molecule has 3 atom stereocenters. The minimum absolute atomic E-state index is 0.347. The second kappa shape index (κ2) is 7.86. The van der Waals surface area contributed by atoms with E-state index in [1.165, 1.54) is 18.4 Å². The van der Waals surface area contributed by atoms with Gasteiger partial charge in [-0.05, 0) is 37.8 Å². The van der Waals surface area contributed by atoms with Crippen molar-refractivity contribution >= 4 is 0 Å². The summed E-state index contributed by atoms with van der Waals surface area (Å²) >= 11 is 0. The summed E-state index contributed by atoms with van der Waals surface area (Å²) in [7, 11) is 1.84. The minimum Gasteiger partial charge on any atom is -0.381 e. The van der Waals surface area contributed by atoms with Gasteiger partial charge in [0.2, 0.25) is 0 Å². The van der Waals surface area contributed by atoms with Crippen molar-refractivity contribution in [3.05, 3.63) is 35.4 Å². The highest BCUT2D eigenvalue weighted by molar-refractivity contribution is 5.37. The van der Waals surface area contributed by atoms with Crippen molar-refractivity contribution < 1.29 is 9.47 Å². The molecule has 2 aliphatic rings. The average Bonchev–Trinajstić information content (AvgIpc) is 3.11. The smallest absolute Gasteiger partial charge is 0.0769 e. The van der Waals surface area contributed by atoms with Crippen LogP contribution in [0.2, 0.25) is 0 Å². The lowest BCUT2D eigenvalue weighted by Crippen LogP contribution is -2.51. The molecule has 1 aromatic carbocycles. The second-order valence-corrected chi connectivity index (χ2v) is 7.88. The molecule has 1 aliphatic heterocycles. The van der Waals surface area contributed by atoms with Gasteiger partial charge >= 0.3 is 0 Å². The third-order valence-corrected chi connectivity index (χ3v) is 5.92. The topological polar surface area (TPSA) is 45.5 Å². The lowest BCUT2D eigenvalue weighted by molar-refractivity contribution is -0.0609. The van der Waals surface area contributed by atoms with Crippen molar-refractivity contribution in [2.75, 3.05) is 26.9 Å². The fourth-order valence-corrected chi connectivity index (χ4v) is 4.48. The Morgan fingerprint density at radius 2 is 2.12 bits per heavy atom. The zero-order valence-electron chi connectivity index (χ0n) is 15.7. The Balaban J connectivity index is 1.82. The Morgan fingerprint density at radius 1 is 1.32 bits per heavy atom. The van der Waals surface area contributed by atoms with Crippen LogP contribution in [-0.4, -0.2) is 43.9 Å². The molecule has 25 heavy (non-hydrogen) atoms. The van der Waals surface area contributed by atoms with Crippen LogP contribution in [0.5, 0.6) is 0 Å². The largest absolute Gasteiger partial charge is 0.381 e. The molecule has 0 bridgehead atoms. The Bertz CT molecular complexity index is 623. The van der Waals surface area contributed by atoms with Gasteiger partial charge in [0.1, 0.15) is 0 Å².